The molecule has 0 aliphatic carbocycles. The van der Waals surface area contributed by atoms with Crippen molar-refractivity contribution in [1.29, 1.82) is 0 Å². The summed E-state index contributed by atoms with van der Waals surface area (Å²) in [6.45, 7) is 2.20. The zero-order chi connectivity index (χ0) is 39.0. The van der Waals surface area contributed by atoms with Crippen LogP contribution in [0, 0.1) is 6.92 Å². The second-order valence-corrected chi connectivity index (χ2v) is 15.2. The van der Waals surface area contributed by atoms with Crippen LogP contribution in [0.3, 0.4) is 0 Å². The highest BCUT2D eigenvalue weighted by Gasteiger charge is 2.21. The van der Waals surface area contributed by atoms with E-state index in [4.69, 9.17) is 19.9 Å². The van der Waals surface area contributed by atoms with E-state index in [1.54, 1.807) is 0 Å². The first-order valence-corrected chi connectivity index (χ1v) is 19.9. The van der Waals surface area contributed by atoms with Gasteiger partial charge in [-0.15, -0.1) is 0 Å². The van der Waals surface area contributed by atoms with E-state index in [1.807, 2.05) is 66.9 Å². The van der Waals surface area contributed by atoms with Gasteiger partial charge in [-0.05, 0) is 89.5 Å². The van der Waals surface area contributed by atoms with Gasteiger partial charge in [0.25, 0.3) is 0 Å². The Labute approximate surface area is 339 Å². The molecule has 0 saturated heterocycles. The van der Waals surface area contributed by atoms with Gasteiger partial charge in [-0.25, -0.2) is 4.98 Å². The zero-order valence-corrected chi connectivity index (χ0v) is 32.1. The Bertz CT molecular complexity index is 3550. The summed E-state index contributed by atoms with van der Waals surface area (Å²) in [6.07, 6.45) is 1.94. The third kappa shape index (κ3) is 5.20. The number of fused-ring (bicyclic) bond motifs is 9. The van der Waals surface area contributed by atoms with Crippen molar-refractivity contribution in [3.05, 3.63) is 194 Å². The molecule has 0 unspecified atom stereocenters. The maximum atomic E-state index is 5.14. The number of nitrogens with zero attached hydrogens (tertiary/aromatic N) is 6. The highest BCUT2D eigenvalue weighted by atomic mass is 15.2. The molecule has 12 aromatic rings. The van der Waals surface area contributed by atoms with Gasteiger partial charge in [0.05, 0.1) is 27.6 Å². The lowest BCUT2D eigenvalue weighted by Gasteiger charge is -2.14. The van der Waals surface area contributed by atoms with Crippen LogP contribution in [-0.2, 0) is 0 Å². The normalized spacial score (nSPS) is 11.8. The molecule has 0 radical (unpaired) electrons. The molecule has 0 atom stereocenters. The fourth-order valence-electron chi connectivity index (χ4n) is 9.02. The topological polar surface area (TPSA) is 61.4 Å². The van der Waals surface area contributed by atoms with Crippen LogP contribution in [0.4, 0.5) is 0 Å². The fraction of sp³-hybridized carbons (Fsp3) is 0.0189. The van der Waals surface area contributed by atoms with Crippen molar-refractivity contribution in [1.82, 2.24) is 29.1 Å². The molecular weight excluding hydrogens is 721 g/mol. The molecule has 0 N–H and O–H groups in total. The molecule has 4 heterocycles. The average molecular weight is 755 g/mol. The van der Waals surface area contributed by atoms with Gasteiger partial charge < -0.3 is 4.57 Å². The third-order valence-electron chi connectivity index (χ3n) is 11.7. The summed E-state index contributed by atoms with van der Waals surface area (Å²) >= 11 is 0. The van der Waals surface area contributed by atoms with Gasteiger partial charge in [-0.2, -0.15) is 9.97 Å². The summed E-state index contributed by atoms with van der Waals surface area (Å²) in [5.74, 6) is 1.82. The largest absolute Gasteiger partial charge is 0.309 e. The Kier molecular flexibility index (Phi) is 7.34. The van der Waals surface area contributed by atoms with Gasteiger partial charge in [0, 0.05) is 55.5 Å². The Morgan fingerprint density at radius 2 is 0.983 bits per heavy atom. The quantitative estimate of drug-likeness (QED) is 0.164. The summed E-state index contributed by atoms with van der Waals surface area (Å²) in [5.41, 5.74) is 11.8. The van der Waals surface area contributed by atoms with E-state index in [9.17, 15) is 0 Å². The molecule has 0 spiro atoms. The number of aryl methyl sites for hydroxylation is 1. The van der Waals surface area contributed by atoms with Crippen molar-refractivity contribution in [2.24, 2.45) is 0 Å². The average Bonchev–Trinajstić information content (AvgIpc) is 3.81. The van der Waals surface area contributed by atoms with E-state index >= 15 is 0 Å². The van der Waals surface area contributed by atoms with Crippen molar-refractivity contribution in [2.45, 2.75) is 6.92 Å². The number of hydrogen-bond acceptors (Lipinski definition) is 4. The van der Waals surface area contributed by atoms with Crippen molar-refractivity contribution < 1.29 is 0 Å². The molecule has 0 aliphatic heterocycles. The lowest BCUT2D eigenvalue weighted by Crippen LogP contribution is -2.06. The highest BCUT2D eigenvalue weighted by Crippen LogP contribution is 2.42. The number of pyridine rings is 1. The molecular formula is C53H34N6. The van der Waals surface area contributed by atoms with Gasteiger partial charge in [-0.3, -0.25) is 9.55 Å². The van der Waals surface area contributed by atoms with E-state index in [0.29, 0.717) is 17.6 Å². The molecule has 0 saturated carbocycles. The second kappa shape index (κ2) is 13.0. The number of aromatic nitrogens is 6. The summed E-state index contributed by atoms with van der Waals surface area (Å²) < 4.78 is 4.56. The van der Waals surface area contributed by atoms with Gasteiger partial charge >= 0.3 is 0 Å². The van der Waals surface area contributed by atoms with Crippen LogP contribution in [0.5, 0.6) is 0 Å². The Hall–Kier alpha value is -7.96. The molecule has 6 heteroatoms. The van der Waals surface area contributed by atoms with E-state index in [1.165, 1.54) is 43.5 Å². The Balaban J connectivity index is 1.11. The van der Waals surface area contributed by atoms with Crippen LogP contribution in [0.1, 0.15) is 5.56 Å². The van der Waals surface area contributed by atoms with Crippen molar-refractivity contribution >= 4 is 65.3 Å². The Morgan fingerprint density at radius 1 is 0.407 bits per heavy atom. The summed E-state index contributed by atoms with van der Waals surface area (Å²) in [6, 6.07) is 64.1. The van der Waals surface area contributed by atoms with Gasteiger partial charge in [-0.1, -0.05) is 121 Å². The predicted molar refractivity (Wildman–Crippen MR) is 242 cm³/mol. The highest BCUT2D eigenvalue weighted by molar-refractivity contribution is 6.21. The van der Waals surface area contributed by atoms with Crippen molar-refractivity contribution in [3.63, 3.8) is 0 Å². The first kappa shape index (κ1) is 33.2. The minimum absolute atomic E-state index is 0.572. The molecule has 0 amide bonds. The SMILES string of the molecule is Cc1ccnc2c(-c3ccc4c(c3)c3ccccc3n4-c3nc(-c4ccccc4)nc(-c4ccccc4)n3)cc3cc4c(cc3c12)c1ccccc1n4-c1ccccc1. The molecule has 12 rings (SSSR count). The maximum absolute atomic E-state index is 5.14. The van der Waals surface area contributed by atoms with Crippen molar-refractivity contribution in [3.8, 4) is 45.5 Å². The first-order chi connectivity index (χ1) is 29.2. The third-order valence-corrected chi connectivity index (χ3v) is 11.7. The minimum atomic E-state index is 0.572. The summed E-state index contributed by atoms with van der Waals surface area (Å²) in [5, 5.41) is 8.25. The summed E-state index contributed by atoms with van der Waals surface area (Å²) in [4.78, 5) is 20.3. The number of benzene rings is 8. The van der Waals surface area contributed by atoms with Crippen LogP contribution < -0.4 is 0 Å². The maximum Gasteiger partial charge on any atom is 0.238 e. The molecule has 59 heavy (non-hydrogen) atoms. The number of hydrogen-bond donors (Lipinski definition) is 0. The number of rotatable bonds is 5. The monoisotopic (exact) mass is 754 g/mol. The molecule has 0 aliphatic rings. The van der Waals surface area contributed by atoms with Crippen LogP contribution in [0.15, 0.2) is 188 Å². The number of para-hydroxylation sites is 3. The lowest BCUT2D eigenvalue weighted by molar-refractivity contribution is 0.953. The standard InChI is InChI=1S/C53H34N6/c1-33-27-28-54-50-42(30-37-31-48-44(32-41(37)49(33)50)40-22-11-13-23-45(40)58(48)38-19-9-4-10-20-38)36-25-26-47-43(29-36)39-21-12-14-24-46(39)59(47)53-56-51(34-15-5-2-6-16-34)55-52(57-53)35-17-7-3-8-18-35/h2-32H,1H3. The minimum Gasteiger partial charge on any atom is -0.309 e. The lowest BCUT2D eigenvalue weighted by atomic mass is 9.92. The molecule has 8 aromatic carbocycles. The molecule has 0 fully saturated rings. The van der Waals surface area contributed by atoms with Crippen LogP contribution in [0.2, 0.25) is 0 Å². The Morgan fingerprint density at radius 3 is 1.66 bits per heavy atom. The zero-order valence-electron chi connectivity index (χ0n) is 32.1. The molecule has 0 bridgehead atoms. The van der Waals surface area contributed by atoms with Crippen LogP contribution in [-0.4, -0.2) is 29.1 Å². The molecule has 276 valence electrons. The fourth-order valence-corrected chi connectivity index (χ4v) is 9.02. The van der Waals surface area contributed by atoms with Gasteiger partial charge in [0.1, 0.15) is 0 Å². The first-order valence-electron chi connectivity index (χ1n) is 19.9. The van der Waals surface area contributed by atoms with Gasteiger partial charge in [0.15, 0.2) is 11.6 Å². The smallest absolute Gasteiger partial charge is 0.238 e. The van der Waals surface area contributed by atoms with Crippen molar-refractivity contribution in [2.75, 3.05) is 0 Å². The second-order valence-electron chi connectivity index (χ2n) is 15.2. The van der Waals surface area contributed by atoms with E-state index in [-0.39, 0.29) is 0 Å². The van der Waals surface area contributed by atoms with E-state index < -0.39 is 0 Å². The molecule has 6 nitrogen and oxygen atoms in total. The van der Waals surface area contributed by atoms with Crippen LogP contribution >= 0.6 is 0 Å². The van der Waals surface area contributed by atoms with E-state index in [2.05, 4.69) is 137 Å². The van der Waals surface area contributed by atoms with Crippen LogP contribution in [0.25, 0.3) is 111 Å². The predicted octanol–water partition coefficient (Wildman–Crippen LogP) is 13.1. The van der Waals surface area contributed by atoms with Gasteiger partial charge in [0.2, 0.25) is 5.95 Å². The van der Waals surface area contributed by atoms with E-state index in [0.717, 1.165) is 55.3 Å². The summed E-state index contributed by atoms with van der Waals surface area (Å²) in [7, 11) is 0. The molecule has 4 aromatic heterocycles.